The van der Waals surface area contributed by atoms with Crippen LogP contribution in [0.1, 0.15) is 6.42 Å². The second-order valence-corrected chi connectivity index (χ2v) is 10.5. The summed E-state index contributed by atoms with van der Waals surface area (Å²) < 4.78 is 53.3. The lowest BCUT2D eigenvalue weighted by molar-refractivity contribution is -0.119. The number of sulfone groups is 1. The molecule has 1 aliphatic rings. The molecule has 0 spiro atoms. The van der Waals surface area contributed by atoms with Crippen molar-refractivity contribution in [3.05, 3.63) is 72.5 Å². The molecule has 2 atom stereocenters. The highest BCUT2D eigenvalue weighted by Gasteiger charge is 2.40. The molecule has 3 aromatic rings. The summed E-state index contributed by atoms with van der Waals surface area (Å²) in [4.78, 5) is 26.7. The number of nitrogens with two attached hydrogens (primary N) is 1. The average Bonchev–Trinajstić information content (AvgIpc) is 3.23. The number of nitrogens with one attached hydrogen (secondary N) is 2. The van der Waals surface area contributed by atoms with Gasteiger partial charge in [-0.15, -0.1) is 0 Å². The first kappa shape index (κ1) is 25.1. The zero-order chi connectivity index (χ0) is 26.0. The first-order valence-corrected chi connectivity index (χ1v) is 12.9. The minimum Gasteiger partial charge on any atom is -0.399 e. The van der Waals surface area contributed by atoms with Crippen molar-refractivity contribution < 1.29 is 26.8 Å². The van der Waals surface area contributed by atoms with Crippen LogP contribution in [-0.4, -0.2) is 50.3 Å². The molecule has 1 heterocycles. The normalized spacial score (nSPS) is 17.6. The molecule has 0 saturated carbocycles. The lowest BCUT2D eigenvalue weighted by Gasteiger charge is -2.24. The van der Waals surface area contributed by atoms with Gasteiger partial charge in [-0.3, -0.25) is 4.79 Å². The average molecular weight is 515 g/mol. The third kappa shape index (κ3) is 5.46. The smallest absolute Gasteiger partial charge is 0.322 e. The second-order valence-electron chi connectivity index (χ2n) is 8.51. The van der Waals surface area contributed by atoms with Crippen molar-refractivity contribution in [1.82, 2.24) is 4.90 Å². The van der Waals surface area contributed by atoms with E-state index >= 15 is 0 Å². The molecule has 4 rings (SSSR count). The number of urea groups is 1. The first-order valence-electron chi connectivity index (χ1n) is 11.0. The van der Waals surface area contributed by atoms with Crippen molar-refractivity contribution in [3.8, 4) is 11.1 Å². The van der Waals surface area contributed by atoms with Crippen LogP contribution in [0.4, 0.5) is 30.6 Å². The number of benzene rings is 3. The summed E-state index contributed by atoms with van der Waals surface area (Å²) in [5, 5.41) is 5.01. The third-order valence-electron chi connectivity index (χ3n) is 5.80. The summed E-state index contributed by atoms with van der Waals surface area (Å²) in [7, 11) is -3.56. The molecule has 36 heavy (non-hydrogen) atoms. The molecule has 8 nitrogen and oxygen atoms in total. The fourth-order valence-electron chi connectivity index (χ4n) is 4.05. The van der Waals surface area contributed by atoms with Gasteiger partial charge in [0.05, 0.1) is 17.1 Å². The van der Waals surface area contributed by atoms with Gasteiger partial charge in [0.25, 0.3) is 0 Å². The molecule has 4 N–H and O–H groups in total. The van der Waals surface area contributed by atoms with Crippen molar-refractivity contribution >= 4 is 38.8 Å². The van der Waals surface area contributed by atoms with Gasteiger partial charge in [-0.05, 0) is 48.0 Å². The number of likely N-dealkylation sites (tertiary alicyclic amines) is 1. The predicted octanol–water partition coefficient (Wildman–Crippen LogP) is 4.06. The molecular weight excluding hydrogens is 490 g/mol. The maximum atomic E-state index is 14.9. The van der Waals surface area contributed by atoms with Gasteiger partial charge in [-0.1, -0.05) is 24.3 Å². The van der Waals surface area contributed by atoms with Crippen molar-refractivity contribution in [1.29, 1.82) is 0 Å². The monoisotopic (exact) mass is 514 g/mol. The number of halogens is 2. The van der Waals surface area contributed by atoms with E-state index in [4.69, 9.17) is 5.73 Å². The molecule has 0 aliphatic carbocycles. The number of hydrogen-bond acceptors (Lipinski definition) is 5. The van der Waals surface area contributed by atoms with Gasteiger partial charge in [0, 0.05) is 29.6 Å². The number of anilines is 3. The zero-order valence-corrected chi connectivity index (χ0v) is 20.1. The number of nitrogens with zero attached hydrogens (tertiary/aromatic N) is 1. The van der Waals surface area contributed by atoms with E-state index < -0.39 is 39.8 Å². The highest BCUT2D eigenvalue weighted by molar-refractivity contribution is 7.90. The van der Waals surface area contributed by atoms with Crippen LogP contribution in [0.5, 0.6) is 0 Å². The molecular formula is C25H24F2N4O4S. The molecule has 1 saturated heterocycles. The van der Waals surface area contributed by atoms with Crippen LogP contribution in [0.15, 0.2) is 71.6 Å². The van der Waals surface area contributed by atoms with Crippen molar-refractivity contribution in [2.75, 3.05) is 29.2 Å². The summed E-state index contributed by atoms with van der Waals surface area (Å²) in [6, 6.07) is 14.6. The van der Waals surface area contributed by atoms with E-state index in [1.54, 1.807) is 42.5 Å². The molecule has 3 amide bonds. The fraction of sp³-hybridized carbons (Fsp3) is 0.200. The minimum atomic E-state index is -3.56. The maximum Gasteiger partial charge on any atom is 0.322 e. The number of nitrogen functional groups attached to an aromatic ring is 1. The molecule has 3 aromatic carbocycles. The Hall–Kier alpha value is -3.99. The summed E-state index contributed by atoms with van der Waals surface area (Å²) >= 11 is 0. The molecule has 0 bridgehead atoms. The SMILES string of the molecule is CS(=O)(=O)c1ccccc1-c1ccc(NC(=O)[C@H]2C[C@H](F)CN2C(=O)Nc2ccc(N)cc2)c(F)c1. The van der Waals surface area contributed by atoms with Gasteiger partial charge in [0.1, 0.15) is 18.0 Å². The lowest BCUT2D eigenvalue weighted by Crippen LogP contribution is -2.45. The van der Waals surface area contributed by atoms with Gasteiger partial charge in [-0.2, -0.15) is 0 Å². The number of carbonyl (C=O) groups is 2. The molecule has 188 valence electrons. The van der Waals surface area contributed by atoms with Crippen LogP contribution in [0.3, 0.4) is 0 Å². The van der Waals surface area contributed by atoms with Crippen LogP contribution in [0.25, 0.3) is 11.1 Å². The Morgan fingerprint density at radius 2 is 1.72 bits per heavy atom. The fourth-order valence-corrected chi connectivity index (χ4v) is 4.96. The Labute approximate surface area is 207 Å². The van der Waals surface area contributed by atoms with Crippen LogP contribution in [0, 0.1) is 5.82 Å². The predicted molar refractivity (Wildman–Crippen MR) is 133 cm³/mol. The zero-order valence-electron chi connectivity index (χ0n) is 19.2. The standard InChI is InChI=1S/C25H24F2N4O4S/c1-36(34,35)23-5-3-2-4-19(23)15-6-11-21(20(27)12-15)30-24(32)22-13-16(26)14-31(22)25(33)29-18-9-7-17(28)8-10-18/h2-12,16,22H,13-14,28H2,1H3,(H,29,33)(H,30,32)/t16-,22+/m0/s1. The Balaban J connectivity index is 1.51. The highest BCUT2D eigenvalue weighted by Crippen LogP contribution is 2.30. The molecule has 0 aromatic heterocycles. The van der Waals surface area contributed by atoms with E-state index in [0.717, 1.165) is 17.2 Å². The third-order valence-corrected chi connectivity index (χ3v) is 6.95. The second kappa shape index (κ2) is 9.94. The summed E-state index contributed by atoms with van der Waals surface area (Å²) in [6.45, 7) is -0.289. The largest absolute Gasteiger partial charge is 0.399 e. The summed E-state index contributed by atoms with van der Waals surface area (Å²) in [5.74, 6) is -1.55. The van der Waals surface area contributed by atoms with Gasteiger partial charge < -0.3 is 21.3 Å². The van der Waals surface area contributed by atoms with E-state index in [1.165, 1.54) is 18.2 Å². The maximum absolute atomic E-state index is 14.9. The van der Waals surface area contributed by atoms with Gasteiger partial charge in [0.2, 0.25) is 5.91 Å². The lowest BCUT2D eigenvalue weighted by atomic mass is 10.0. The Morgan fingerprint density at radius 3 is 2.39 bits per heavy atom. The number of hydrogen-bond donors (Lipinski definition) is 3. The molecule has 1 fully saturated rings. The van der Waals surface area contributed by atoms with Gasteiger partial charge in [0.15, 0.2) is 9.84 Å². The minimum absolute atomic E-state index is 0.0453. The Kier molecular flexibility index (Phi) is 6.93. The van der Waals surface area contributed by atoms with Crippen molar-refractivity contribution in [2.24, 2.45) is 0 Å². The number of alkyl halides is 1. The molecule has 0 radical (unpaired) electrons. The van der Waals surface area contributed by atoms with E-state index in [2.05, 4.69) is 10.6 Å². The molecule has 0 unspecified atom stereocenters. The number of carbonyl (C=O) groups excluding carboxylic acids is 2. The van der Waals surface area contributed by atoms with E-state index in [-0.39, 0.29) is 23.5 Å². The van der Waals surface area contributed by atoms with Crippen LogP contribution in [0.2, 0.25) is 0 Å². The van der Waals surface area contributed by atoms with E-state index in [1.807, 2.05) is 0 Å². The quantitative estimate of drug-likeness (QED) is 0.444. The van der Waals surface area contributed by atoms with Crippen LogP contribution in [-0.2, 0) is 14.6 Å². The van der Waals surface area contributed by atoms with Crippen LogP contribution < -0.4 is 16.4 Å². The Morgan fingerprint density at radius 1 is 1.03 bits per heavy atom. The van der Waals surface area contributed by atoms with Crippen LogP contribution >= 0.6 is 0 Å². The molecule has 1 aliphatic heterocycles. The number of amides is 3. The Bertz CT molecular complexity index is 1410. The van der Waals surface area contributed by atoms with E-state index in [9.17, 15) is 26.8 Å². The summed E-state index contributed by atoms with van der Waals surface area (Å²) in [6.07, 6.45) is -0.591. The number of rotatable bonds is 5. The van der Waals surface area contributed by atoms with Crippen molar-refractivity contribution in [3.63, 3.8) is 0 Å². The van der Waals surface area contributed by atoms with Gasteiger partial charge in [-0.25, -0.2) is 22.0 Å². The highest BCUT2D eigenvalue weighted by atomic mass is 32.2. The topological polar surface area (TPSA) is 122 Å². The first-order chi connectivity index (χ1) is 17.0. The summed E-state index contributed by atoms with van der Waals surface area (Å²) in [5.41, 5.74) is 7.00. The molecule has 11 heteroatoms. The van der Waals surface area contributed by atoms with Gasteiger partial charge >= 0.3 is 6.03 Å². The van der Waals surface area contributed by atoms with Crippen molar-refractivity contribution in [2.45, 2.75) is 23.5 Å². The van der Waals surface area contributed by atoms with E-state index in [0.29, 0.717) is 22.5 Å².